The van der Waals surface area contributed by atoms with Gasteiger partial charge in [-0.15, -0.1) is 0 Å². The summed E-state index contributed by atoms with van der Waals surface area (Å²) < 4.78 is 5.22. The molecule has 2 amide bonds. The van der Waals surface area contributed by atoms with Crippen LogP contribution in [0.3, 0.4) is 0 Å². The van der Waals surface area contributed by atoms with E-state index in [4.69, 9.17) is 4.74 Å². The van der Waals surface area contributed by atoms with E-state index in [0.717, 1.165) is 18.5 Å². The largest absolute Gasteiger partial charge is 0.480 e. The molecule has 1 aromatic carbocycles. The Morgan fingerprint density at radius 1 is 1.28 bits per heavy atom. The highest BCUT2D eigenvalue weighted by atomic mass is 16.5. The number of carbonyl (C=O) groups excluding carboxylic acids is 2. The number of carboxylic acids is 1. The van der Waals surface area contributed by atoms with Crippen LogP contribution in [0.4, 0.5) is 0 Å². The van der Waals surface area contributed by atoms with Crippen molar-refractivity contribution in [1.29, 1.82) is 0 Å². The SMILES string of the molecule is COC1CC(C(=O)O)N(C(=O)c2ccc(CN3CCCC3=O)cc2)C1. The molecule has 7 heteroatoms. The zero-order chi connectivity index (χ0) is 18.0. The van der Waals surface area contributed by atoms with E-state index in [0.29, 0.717) is 24.9 Å². The molecule has 0 aromatic heterocycles. The molecule has 2 atom stereocenters. The number of ether oxygens (including phenoxy) is 1. The van der Waals surface area contributed by atoms with Crippen LogP contribution in [0.15, 0.2) is 24.3 Å². The van der Waals surface area contributed by atoms with E-state index in [9.17, 15) is 19.5 Å². The second-order valence-corrected chi connectivity index (χ2v) is 6.52. The van der Waals surface area contributed by atoms with Crippen LogP contribution in [0.1, 0.15) is 35.2 Å². The van der Waals surface area contributed by atoms with Gasteiger partial charge in [0.1, 0.15) is 6.04 Å². The average molecular weight is 346 g/mol. The maximum Gasteiger partial charge on any atom is 0.326 e. The van der Waals surface area contributed by atoms with E-state index in [1.54, 1.807) is 17.0 Å². The van der Waals surface area contributed by atoms with Crippen LogP contribution in [0, 0.1) is 0 Å². The molecule has 0 spiro atoms. The molecule has 2 unspecified atom stereocenters. The van der Waals surface area contributed by atoms with E-state index in [1.165, 1.54) is 12.0 Å². The van der Waals surface area contributed by atoms with Crippen LogP contribution in [0.25, 0.3) is 0 Å². The number of nitrogens with zero attached hydrogens (tertiary/aromatic N) is 2. The van der Waals surface area contributed by atoms with Crippen molar-refractivity contribution in [3.05, 3.63) is 35.4 Å². The van der Waals surface area contributed by atoms with Crippen molar-refractivity contribution >= 4 is 17.8 Å². The Balaban J connectivity index is 1.69. The van der Waals surface area contributed by atoms with E-state index >= 15 is 0 Å². The first-order valence-corrected chi connectivity index (χ1v) is 8.43. The van der Waals surface area contributed by atoms with Gasteiger partial charge >= 0.3 is 5.97 Å². The number of hydrogen-bond acceptors (Lipinski definition) is 4. The highest BCUT2D eigenvalue weighted by Crippen LogP contribution is 2.23. The molecule has 7 nitrogen and oxygen atoms in total. The van der Waals surface area contributed by atoms with Crippen LogP contribution < -0.4 is 0 Å². The first kappa shape index (κ1) is 17.4. The Kier molecular flexibility index (Phi) is 5.03. The Morgan fingerprint density at radius 3 is 2.56 bits per heavy atom. The van der Waals surface area contributed by atoms with Gasteiger partial charge in [0.25, 0.3) is 5.91 Å². The molecule has 2 saturated heterocycles. The number of carboxylic acid groups (broad SMARTS) is 1. The van der Waals surface area contributed by atoms with Crippen molar-refractivity contribution in [3.8, 4) is 0 Å². The molecule has 134 valence electrons. The quantitative estimate of drug-likeness (QED) is 0.863. The molecular weight excluding hydrogens is 324 g/mol. The number of benzene rings is 1. The lowest BCUT2D eigenvalue weighted by Gasteiger charge is -2.21. The van der Waals surface area contributed by atoms with Crippen LogP contribution in [-0.2, 0) is 20.9 Å². The smallest absolute Gasteiger partial charge is 0.326 e. The molecule has 1 aromatic rings. The molecule has 2 heterocycles. The van der Waals surface area contributed by atoms with Gasteiger partial charge in [0, 0.05) is 45.1 Å². The zero-order valence-corrected chi connectivity index (χ0v) is 14.2. The summed E-state index contributed by atoms with van der Waals surface area (Å²) in [5.74, 6) is -1.17. The zero-order valence-electron chi connectivity index (χ0n) is 14.2. The number of likely N-dealkylation sites (tertiary alicyclic amines) is 2. The first-order chi connectivity index (χ1) is 12.0. The Morgan fingerprint density at radius 2 is 2.00 bits per heavy atom. The van der Waals surface area contributed by atoms with Gasteiger partial charge < -0.3 is 19.6 Å². The Bertz CT molecular complexity index is 673. The highest BCUT2D eigenvalue weighted by molar-refractivity contribution is 5.97. The monoisotopic (exact) mass is 346 g/mol. The van der Waals surface area contributed by atoms with Gasteiger partial charge in [0.15, 0.2) is 0 Å². The van der Waals surface area contributed by atoms with Crippen molar-refractivity contribution in [2.75, 3.05) is 20.2 Å². The fourth-order valence-electron chi connectivity index (χ4n) is 3.44. The number of aliphatic carboxylic acids is 1. The summed E-state index contributed by atoms with van der Waals surface area (Å²) in [6, 6.07) is 6.16. The van der Waals surface area contributed by atoms with Crippen molar-refractivity contribution in [2.45, 2.75) is 38.0 Å². The number of amides is 2. The number of hydrogen-bond donors (Lipinski definition) is 1. The van der Waals surface area contributed by atoms with Crippen LogP contribution in [0.5, 0.6) is 0 Å². The lowest BCUT2D eigenvalue weighted by atomic mass is 10.1. The third-order valence-corrected chi connectivity index (χ3v) is 4.89. The first-order valence-electron chi connectivity index (χ1n) is 8.43. The van der Waals surface area contributed by atoms with E-state index < -0.39 is 12.0 Å². The summed E-state index contributed by atoms with van der Waals surface area (Å²) in [4.78, 5) is 38.9. The standard InChI is InChI=1S/C18H22N2O5/c1-25-14-9-15(18(23)24)20(11-14)17(22)13-6-4-12(5-7-13)10-19-8-2-3-16(19)21/h4-7,14-15H,2-3,8-11H2,1H3,(H,23,24). The summed E-state index contributed by atoms with van der Waals surface area (Å²) in [7, 11) is 1.52. The summed E-state index contributed by atoms with van der Waals surface area (Å²) in [6.07, 6.45) is 1.53. The summed E-state index contributed by atoms with van der Waals surface area (Å²) in [5, 5.41) is 9.33. The van der Waals surface area contributed by atoms with Crippen LogP contribution in [-0.4, -0.2) is 65.0 Å². The van der Waals surface area contributed by atoms with Gasteiger partial charge in [-0.1, -0.05) is 12.1 Å². The van der Waals surface area contributed by atoms with Gasteiger partial charge in [0.2, 0.25) is 5.91 Å². The van der Waals surface area contributed by atoms with Gasteiger partial charge in [-0.25, -0.2) is 4.79 Å². The van der Waals surface area contributed by atoms with Crippen LogP contribution in [0.2, 0.25) is 0 Å². The van der Waals surface area contributed by atoms with Gasteiger partial charge in [-0.3, -0.25) is 9.59 Å². The third-order valence-electron chi connectivity index (χ3n) is 4.89. The van der Waals surface area contributed by atoms with Gasteiger partial charge in [0.05, 0.1) is 6.10 Å². The van der Waals surface area contributed by atoms with Crippen molar-refractivity contribution in [1.82, 2.24) is 9.80 Å². The fraction of sp³-hybridized carbons (Fsp3) is 0.500. The fourth-order valence-corrected chi connectivity index (χ4v) is 3.44. The third kappa shape index (κ3) is 3.66. The summed E-state index contributed by atoms with van der Waals surface area (Å²) in [5.41, 5.74) is 1.40. The molecule has 2 aliphatic heterocycles. The Hall–Kier alpha value is -2.41. The molecule has 1 N–H and O–H groups in total. The van der Waals surface area contributed by atoms with E-state index in [-0.39, 0.29) is 24.5 Å². The molecule has 2 fully saturated rings. The molecule has 25 heavy (non-hydrogen) atoms. The Labute approximate surface area is 146 Å². The molecule has 0 saturated carbocycles. The van der Waals surface area contributed by atoms with Gasteiger partial charge in [-0.2, -0.15) is 0 Å². The lowest BCUT2D eigenvalue weighted by Crippen LogP contribution is -2.40. The van der Waals surface area contributed by atoms with Gasteiger partial charge in [-0.05, 0) is 24.1 Å². The summed E-state index contributed by atoms with van der Waals surface area (Å²) in [6.45, 7) is 1.59. The van der Waals surface area contributed by atoms with Crippen molar-refractivity contribution in [3.63, 3.8) is 0 Å². The minimum atomic E-state index is -1.02. The second-order valence-electron chi connectivity index (χ2n) is 6.52. The topological polar surface area (TPSA) is 87.2 Å². The molecule has 2 aliphatic rings. The molecule has 3 rings (SSSR count). The molecule has 0 bridgehead atoms. The second kappa shape index (κ2) is 7.23. The van der Waals surface area contributed by atoms with E-state index in [1.807, 2.05) is 12.1 Å². The van der Waals surface area contributed by atoms with E-state index in [2.05, 4.69) is 0 Å². The number of rotatable bonds is 5. The van der Waals surface area contributed by atoms with Crippen LogP contribution >= 0.6 is 0 Å². The number of methoxy groups -OCH3 is 1. The molecule has 0 aliphatic carbocycles. The summed E-state index contributed by atoms with van der Waals surface area (Å²) >= 11 is 0. The molecular formula is C18H22N2O5. The van der Waals surface area contributed by atoms with Crippen molar-refractivity contribution < 1.29 is 24.2 Å². The lowest BCUT2D eigenvalue weighted by molar-refractivity contribution is -0.141. The highest BCUT2D eigenvalue weighted by Gasteiger charge is 2.40. The predicted octanol–water partition coefficient (Wildman–Crippen LogP) is 1.12. The predicted molar refractivity (Wildman–Crippen MR) is 89.0 cm³/mol. The minimum Gasteiger partial charge on any atom is -0.480 e. The average Bonchev–Trinajstić information content (AvgIpc) is 3.21. The normalized spacial score (nSPS) is 23.3. The minimum absolute atomic E-state index is 0.159. The number of carbonyl (C=O) groups is 3. The molecule has 0 radical (unpaired) electrons. The maximum atomic E-state index is 12.7. The maximum absolute atomic E-state index is 12.7. The van der Waals surface area contributed by atoms with Crippen molar-refractivity contribution in [2.24, 2.45) is 0 Å².